The van der Waals surface area contributed by atoms with Crippen LogP contribution in [-0.2, 0) is 4.79 Å². The topological polar surface area (TPSA) is 94.0 Å². The first-order valence-corrected chi connectivity index (χ1v) is 8.60. The van der Waals surface area contributed by atoms with Gasteiger partial charge < -0.3 is 16.0 Å². The number of benzene rings is 2. The summed E-state index contributed by atoms with van der Waals surface area (Å²) in [5.41, 5.74) is 2.18. The van der Waals surface area contributed by atoms with E-state index in [0.29, 0.717) is 16.9 Å². The van der Waals surface area contributed by atoms with Gasteiger partial charge in [-0.25, -0.2) is 4.79 Å². The van der Waals surface area contributed by atoms with Crippen molar-refractivity contribution in [2.75, 3.05) is 5.32 Å². The molecule has 26 heavy (non-hydrogen) atoms. The number of halogens is 1. The van der Waals surface area contributed by atoms with Crippen LogP contribution in [0.2, 0.25) is 0 Å². The predicted octanol–water partition coefficient (Wildman–Crippen LogP) is 3.44. The van der Waals surface area contributed by atoms with E-state index in [1.165, 1.54) is 0 Å². The van der Waals surface area contributed by atoms with Gasteiger partial charge in [0, 0.05) is 15.9 Å². The highest BCUT2D eigenvalue weighted by atomic mass is 79.9. The van der Waals surface area contributed by atoms with Gasteiger partial charge in [0.05, 0.1) is 17.7 Å². The van der Waals surface area contributed by atoms with Crippen molar-refractivity contribution in [2.24, 2.45) is 5.92 Å². The number of carbonyl (C=O) groups is 2. The zero-order chi connectivity index (χ0) is 18.7. The molecule has 3 N–H and O–H groups in total. The molecular weight excluding hydrogens is 396 g/mol. The number of nitriles is 1. The standard InChI is InChI=1S/C19H15BrN4O2/c1-11-16(18(25)23-15-8-6-14(20)7-9-15)17(24-19(26)22-11)13-4-2-12(10-21)3-5-13/h2-9,16-17H,1H2,(H,23,25)(H2,22,24,26)/t16-,17+/m1/s1. The lowest BCUT2D eigenvalue weighted by atomic mass is 9.88. The van der Waals surface area contributed by atoms with Crippen LogP contribution in [0.3, 0.4) is 0 Å². The smallest absolute Gasteiger partial charge is 0.319 e. The average molecular weight is 411 g/mol. The van der Waals surface area contributed by atoms with E-state index in [1.807, 2.05) is 18.2 Å². The maximum Gasteiger partial charge on any atom is 0.319 e. The molecule has 3 amide bonds. The molecule has 1 aliphatic rings. The molecule has 2 aromatic carbocycles. The second kappa shape index (κ2) is 7.42. The lowest BCUT2D eigenvalue weighted by Gasteiger charge is -2.33. The molecular formula is C19H15BrN4O2. The Morgan fingerprint density at radius 3 is 2.42 bits per heavy atom. The zero-order valence-corrected chi connectivity index (χ0v) is 15.2. The molecule has 1 saturated heterocycles. The molecule has 0 spiro atoms. The van der Waals surface area contributed by atoms with E-state index in [0.717, 1.165) is 10.0 Å². The molecule has 3 rings (SSSR count). The Morgan fingerprint density at radius 1 is 1.15 bits per heavy atom. The summed E-state index contributed by atoms with van der Waals surface area (Å²) in [6, 6.07) is 15.0. The molecule has 1 aliphatic heterocycles. The van der Waals surface area contributed by atoms with Crippen molar-refractivity contribution in [2.45, 2.75) is 6.04 Å². The van der Waals surface area contributed by atoms with Crippen molar-refractivity contribution >= 4 is 33.6 Å². The second-order valence-corrected chi connectivity index (χ2v) is 6.72. The van der Waals surface area contributed by atoms with E-state index in [9.17, 15) is 9.59 Å². The summed E-state index contributed by atoms with van der Waals surface area (Å²) in [4.78, 5) is 24.7. The van der Waals surface area contributed by atoms with Crippen LogP contribution < -0.4 is 16.0 Å². The minimum absolute atomic E-state index is 0.292. The number of hydrogen-bond donors (Lipinski definition) is 3. The summed E-state index contributed by atoms with van der Waals surface area (Å²) >= 11 is 3.35. The highest BCUT2D eigenvalue weighted by molar-refractivity contribution is 9.10. The van der Waals surface area contributed by atoms with Crippen LogP contribution in [-0.4, -0.2) is 11.9 Å². The average Bonchev–Trinajstić information content (AvgIpc) is 2.63. The van der Waals surface area contributed by atoms with Gasteiger partial charge in [-0.3, -0.25) is 4.79 Å². The molecule has 130 valence electrons. The number of nitrogens with zero attached hydrogens (tertiary/aromatic N) is 1. The van der Waals surface area contributed by atoms with Gasteiger partial charge in [-0.2, -0.15) is 5.26 Å². The summed E-state index contributed by atoms with van der Waals surface area (Å²) < 4.78 is 0.905. The Morgan fingerprint density at radius 2 is 1.81 bits per heavy atom. The largest absolute Gasteiger partial charge is 0.330 e. The van der Waals surface area contributed by atoms with Crippen LogP contribution in [0.25, 0.3) is 0 Å². The Kier molecular flexibility index (Phi) is 5.05. The highest BCUT2D eigenvalue weighted by Crippen LogP contribution is 2.30. The molecule has 0 unspecified atom stereocenters. The third-order valence-corrected chi connectivity index (χ3v) is 4.59. The van der Waals surface area contributed by atoms with Crippen LogP contribution >= 0.6 is 15.9 Å². The Bertz CT molecular complexity index is 901. The Labute approximate surface area is 159 Å². The molecule has 0 aliphatic carbocycles. The number of anilines is 1. The molecule has 1 heterocycles. The van der Waals surface area contributed by atoms with Gasteiger partial charge in [0.25, 0.3) is 0 Å². The van der Waals surface area contributed by atoms with Gasteiger partial charge in [-0.1, -0.05) is 34.6 Å². The van der Waals surface area contributed by atoms with Crippen molar-refractivity contribution < 1.29 is 9.59 Å². The first kappa shape index (κ1) is 17.7. The van der Waals surface area contributed by atoms with E-state index < -0.39 is 18.0 Å². The van der Waals surface area contributed by atoms with E-state index in [1.54, 1.807) is 36.4 Å². The lowest BCUT2D eigenvalue weighted by Crippen LogP contribution is -2.51. The lowest BCUT2D eigenvalue weighted by molar-refractivity contribution is -0.119. The van der Waals surface area contributed by atoms with Gasteiger partial charge in [0.2, 0.25) is 5.91 Å². The monoisotopic (exact) mass is 410 g/mol. The number of amides is 3. The summed E-state index contributed by atoms with van der Waals surface area (Å²) in [6.07, 6.45) is 0. The van der Waals surface area contributed by atoms with Crippen LogP contribution in [0, 0.1) is 17.2 Å². The van der Waals surface area contributed by atoms with Crippen molar-refractivity contribution in [3.05, 3.63) is 76.4 Å². The Hall–Kier alpha value is -3.11. The Balaban J connectivity index is 1.88. The maximum absolute atomic E-state index is 12.8. The number of hydrogen-bond acceptors (Lipinski definition) is 3. The SMILES string of the molecule is C=C1NC(=O)N[C@@H](c2ccc(C#N)cc2)[C@@H]1C(=O)Nc1ccc(Br)cc1. The normalized spacial score (nSPS) is 19.1. The molecule has 1 fully saturated rings. The highest BCUT2D eigenvalue weighted by Gasteiger charge is 2.37. The van der Waals surface area contributed by atoms with Crippen LogP contribution in [0.1, 0.15) is 17.2 Å². The van der Waals surface area contributed by atoms with E-state index in [2.05, 4.69) is 38.5 Å². The van der Waals surface area contributed by atoms with E-state index >= 15 is 0 Å². The number of carbonyl (C=O) groups excluding carboxylic acids is 2. The fraction of sp³-hybridized carbons (Fsp3) is 0.105. The van der Waals surface area contributed by atoms with Crippen molar-refractivity contribution in [3.8, 4) is 6.07 Å². The van der Waals surface area contributed by atoms with Gasteiger partial charge in [0.1, 0.15) is 5.92 Å². The maximum atomic E-state index is 12.8. The molecule has 0 bridgehead atoms. The van der Waals surface area contributed by atoms with Gasteiger partial charge in [-0.05, 0) is 42.0 Å². The molecule has 6 nitrogen and oxygen atoms in total. The summed E-state index contributed by atoms with van der Waals surface area (Å²) in [6.45, 7) is 3.84. The zero-order valence-electron chi connectivity index (χ0n) is 13.6. The van der Waals surface area contributed by atoms with Crippen LogP contribution in [0.5, 0.6) is 0 Å². The summed E-state index contributed by atoms with van der Waals surface area (Å²) in [7, 11) is 0. The first-order valence-electron chi connectivity index (χ1n) is 7.81. The molecule has 7 heteroatoms. The first-order chi connectivity index (χ1) is 12.5. The predicted molar refractivity (Wildman–Crippen MR) is 101 cm³/mol. The summed E-state index contributed by atoms with van der Waals surface area (Å²) in [5, 5.41) is 17.1. The number of rotatable bonds is 3. The quantitative estimate of drug-likeness (QED) is 0.722. The minimum atomic E-state index is -0.704. The van der Waals surface area contributed by atoms with Crippen molar-refractivity contribution in [1.29, 1.82) is 5.26 Å². The van der Waals surface area contributed by atoms with E-state index in [4.69, 9.17) is 5.26 Å². The molecule has 2 aromatic rings. The van der Waals surface area contributed by atoms with Gasteiger partial charge >= 0.3 is 6.03 Å². The fourth-order valence-corrected chi connectivity index (χ4v) is 3.05. The van der Waals surface area contributed by atoms with Crippen molar-refractivity contribution in [3.63, 3.8) is 0 Å². The van der Waals surface area contributed by atoms with Crippen LogP contribution in [0.15, 0.2) is 65.3 Å². The van der Waals surface area contributed by atoms with Gasteiger partial charge in [0.15, 0.2) is 0 Å². The van der Waals surface area contributed by atoms with Gasteiger partial charge in [-0.15, -0.1) is 0 Å². The molecule has 0 saturated carbocycles. The molecule has 0 radical (unpaired) electrons. The molecule has 0 aromatic heterocycles. The summed E-state index contributed by atoms with van der Waals surface area (Å²) in [5.74, 6) is -0.997. The fourth-order valence-electron chi connectivity index (χ4n) is 2.79. The third-order valence-electron chi connectivity index (χ3n) is 4.06. The van der Waals surface area contributed by atoms with Crippen molar-refractivity contribution in [1.82, 2.24) is 10.6 Å². The number of nitrogens with one attached hydrogen (secondary N) is 3. The van der Waals surface area contributed by atoms with Crippen LogP contribution in [0.4, 0.5) is 10.5 Å². The minimum Gasteiger partial charge on any atom is -0.330 e. The molecule has 2 atom stereocenters. The second-order valence-electron chi connectivity index (χ2n) is 5.81. The van der Waals surface area contributed by atoms with E-state index in [-0.39, 0.29) is 5.91 Å². The number of urea groups is 1. The third kappa shape index (κ3) is 3.76.